The van der Waals surface area contributed by atoms with E-state index in [2.05, 4.69) is 32.9 Å². The Bertz CT molecular complexity index is 1330. The zero-order valence-corrected chi connectivity index (χ0v) is 23.0. The van der Waals surface area contributed by atoms with Gasteiger partial charge in [0.15, 0.2) is 6.11 Å². The van der Waals surface area contributed by atoms with Gasteiger partial charge in [-0.3, -0.25) is 34.1 Å². The molecule has 0 bridgehead atoms. The molecule has 0 saturated carbocycles. The minimum atomic E-state index is -1.46. The van der Waals surface area contributed by atoms with Gasteiger partial charge in [0.2, 0.25) is 17.7 Å². The first-order valence-electron chi connectivity index (χ1n) is 12.9. The number of nitrogens with one attached hydrogen (secondary N) is 3. The number of benzene rings is 1. The van der Waals surface area contributed by atoms with Crippen molar-refractivity contribution < 1.29 is 54.1 Å². The number of carboxylic acid groups (broad SMARTS) is 1. The van der Waals surface area contributed by atoms with Crippen LogP contribution in [0.25, 0.3) is 0 Å². The van der Waals surface area contributed by atoms with Crippen molar-refractivity contribution in [1.82, 2.24) is 16.0 Å². The van der Waals surface area contributed by atoms with E-state index in [0.29, 0.717) is 19.4 Å². The van der Waals surface area contributed by atoms with E-state index in [9.17, 15) is 34.1 Å². The van der Waals surface area contributed by atoms with Crippen LogP contribution in [-0.4, -0.2) is 70.4 Å². The van der Waals surface area contributed by atoms with E-state index in [1.807, 2.05) is 5.92 Å². The number of primary amides is 1. The summed E-state index contributed by atoms with van der Waals surface area (Å²) < 4.78 is 5.74. The lowest BCUT2D eigenvalue weighted by Gasteiger charge is -2.26. The maximum Gasteiger partial charge on any atom is 0.303 e. The van der Waals surface area contributed by atoms with Crippen molar-refractivity contribution in [2.75, 3.05) is 6.54 Å². The number of carboxylic acids is 1. The van der Waals surface area contributed by atoms with Gasteiger partial charge in [-0.1, -0.05) is 0 Å². The zero-order valence-electron chi connectivity index (χ0n) is 23.0. The van der Waals surface area contributed by atoms with Gasteiger partial charge in [0.05, 0.1) is 10.5 Å². The van der Waals surface area contributed by atoms with E-state index < -0.39 is 70.9 Å². The Morgan fingerprint density at radius 1 is 1.16 bits per heavy atom. The molecule has 0 aliphatic carbocycles. The first-order valence-corrected chi connectivity index (χ1v) is 12.9. The standard InChI is InChI=1S/C26H30N6O11/c1-3-4-13-41-43-28-12-6-5-7-18-26(38)31-22(23(27)35)15(2)42-20-10-8-16(32(39)40)14-17(20)24(36)29-19(25(37)30-18)9-11-21(33)34/h1,8,10,14-15,18-19,22,28H,5-7,9,11-12H2,2H3,(H2,27,35)(H,29,36)(H,30,37)(H,31,38)(H,33,34)/p+1/t15?,18?,19?,22-/m1/s1. The molecule has 0 spiro atoms. The van der Waals surface area contributed by atoms with Crippen molar-refractivity contribution in [3.05, 3.63) is 33.9 Å². The molecule has 43 heavy (non-hydrogen) atoms. The van der Waals surface area contributed by atoms with Gasteiger partial charge in [-0.25, -0.2) is 4.89 Å². The number of rotatable bonds is 12. The molecule has 0 saturated heterocycles. The topological polar surface area (TPSA) is 255 Å². The SMILES string of the molecule is C#CC#COO[NH2+]CCCCC1NC(=O)C(CCC(=O)O)NC(=O)c2cc([N+](=O)[O-])ccc2OC(C)[C@H](C(N)=O)NC1=O. The lowest BCUT2D eigenvalue weighted by atomic mass is 10.0. The van der Waals surface area contributed by atoms with Gasteiger partial charge >= 0.3 is 5.97 Å². The Labute approximate surface area is 245 Å². The fraction of sp³-hybridized carbons (Fsp3) is 0.423. The van der Waals surface area contributed by atoms with Crippen LogP contribution in [0.2, 0.25) is 0 Å². The minimum absolute atomic E-state index is 0.0515. The second-order valence-corrected chi connectivity index (χ2v) is 9.17. The van der Waals surface area contributed by atoms with Crippen LogP contribution < -0.4 is 31.9 Å². The van der Waals surface area contributed by atoms with Gasteiger partial charge in [0, 0.05) is 29.5 Å². The van der Waals surface area contributed by atoms with E-state index in [0.717, 1.165) is 18.2 Å². The van der Waals surface area contributed by atoms with Crippen LogP contribution in [0.5, 0.6) is 5.75 Å². The fourth-order valence-electron chi connectivity index (χ4n) is 3.90. The first kappa shape index (κ1) is 33.8. The number of hydrogen-bond acceptors (Lipinski definition) is 10. The van der Waals surface area contributed by atoms with Gasteiger partial charge in [-0.2, -0.15) is 5.48 Å². The molecule has 1 heterocycles. The lowest BCUT2D eigenvalue weighted by Crippen LogP contribution is -2.82. The number of carbonyl (C=O) groups is 5. The maximum atomic E-state index is 13.3. The van der Waals surface area contributed by atoms with E-state index in [-0.39, 0.29) is 24.2 Å². The van der Waals surface area contributed by atoms with Crippen LogP contribution in [0, 0.1) is 34.5 Å². The number of nitrogens with zero attached hydrogens (tertiary/aromatic N) is 1. The number of unbranched alkanes of at least 4 members (excludes halogenated alkanes) is 1. The van der Waals surface area contributed by atoms with Crippen LogP contribution in [0.1, 0.15) is 49.4 Å². The number of nitro benzene ring substituents is 1. The molecule has 4 atom stereocenters. The molecule has 0 radical (unpaired) electrons. The van der Waals surface area contributed by atoms with Crippen molar-refractivity contribution in [3.8, 4) is 30.1 Å². The van der Waals surface area contributed by atoms with Crippen LogP contribution in [-0.2, 0) is 29.1 Å². The quantitative estimate of drug-likeness (QED) is 0.0500. The molecule has 4 amide bonds. The number of nitrogens with two attached hydrogens (primary N) is 2. The number of aliphatic carboxylic acids is 1. The normalized spacial score (nSPS) is 20.3. The molecule has 17 heteroatoms. The third-order valence-electron chi connectivity index (χ3n) is 6.05. The highest BCUT2D eigenvalue weighted by molar-refractivity contribution is 6.01. The number of carbonyl (C=O) groups excluding carboxylic acids is 4. The first-order chi connectivity index (χ1) is 20.4. The molecule has 8 N–H and O–H groups in total. The molecule has 1 aromatic rings. The summed E-state index contributed by atoms with van der Waals surface area (Å²) in [7, 11) is 0. The van der Waals surface area contributed by atoms with Crippen LogP contribution >= 0.6 is 0 Å². The largest absolute Gasteiger partial charge is 0.487 e. The number of hydroxylamine groups is 1. The summed E-state index contributed by atoms with van der Waals surface area (Å²) in [5.41, 5.74) is 5.96. The Balaban J connectivity index is 2.36. The summed E-state index contributed by atoms with van der Waals surface area (Å²) in [5.74, 6) is -0.948. The predicted octanol–water partition coefficient (Wildman–Crippen LogP) is -2.02. The average Bonchev–Trinajstić information content (AvgIpc) is 2.95. The number of hydrogen-bond donors (Lipinski definition) is 6. The van der Waals surface area contributed by atoms with Crippen molar-refractivity contribution >= 4 is 35.3 Å². The number of amides is 4. The molecule has 3 unspecified atom stereocenters. The molecule has 0 fully saturated rings. The molecule has 230 valence electrons. The summed E-state index contributed by atoms with van der Waals surface area (Å²) in [6.07, 6.45) is 5.83. The zero-order chi connectivity index (χ0) is 31.9. The Morgan fingerprint density at radius 3 is 2.51 bits per heavy atom. The lowest BCUT2D eigenvalue weighted by molar-refractivity contribution is -0.960. The molecule has 2 rings (SSSR count). The van der Waals surface area contributed by atoms with Gasteiger partial charge in [-0.15, -0.1) is 6.42 Å². The summed E-state index contributed by atoms with van der Waals surface area (Å²) in [6.45, 7) is 1.74. The third kappa shape index (κ3) is 10.8. The van der Waals surface area contributed by atoms with Crippen molar-refractivity contribution in [3.63, 3.8) is 0 Å². The summed E-state index contributed by atoms with van der Waals surface area (Å²) in [6, 6.07) is -1.07. The molecular formula is C26H31N6O11+. The molecule has 0 aromatic heterocycles. The number of ether oxygens (including phenoxy) is 1. The van der Waals surface area contributed by atoms with Crippen LogP contribution in [0.15, 0.2) is 18.2 Å². The highest BCUT2D eigenvalue weighted by Gasteiger charge is 2.34. The number of terminal acetylenes is 1. The van der Waals surface area contributed by atoms with Gasteiger partial charge in [0.1, 0.15) is 36.5 Å². The van der Waals surface area contributed by atoms with Crippen LogP contribution in [0.3, 0.4) is 0 Å². The summed E-state index contributed by atoms with van der Waals surface area (Å²) in [5, 5.41) is 27.8. The van der Waals surface area contributed by atoms with E-state index in [4.69, 9.17) is 27.0 Å². The predicted molar refractivity (Wildman–Crippen MR) is 144 cm³/mol. The molecule has 1 aromatic carbocycles. The van der Waals surface area contributed by atoms with Gasteiger partial charge in [0.25, 0.3) is 11.6 Å². The van der Waals surface area contributed by atoms with Crippen molar-refractivity contribution in [2.24, 2.45) is 5.73 Å². The highest BCUT2D eigenvalue weighted by atomic mass is 17.3. The minimum Gasteiger partial charge on any atom is -0.487 e. The Hall–Kier alpha value is -5.39. The van der Waals surface area contributed by atoms with E-state index in [1.54, 1.807) is 0 Å². The van der Waals surface area contributed by atoms with Crippen molar-refractivity contribution in [1.29, 1.82) is 0 Å². The average molecular weight is 604 g/mol. The van der Waals surface area contributed by atoms with Crippen molar-refractivity contribution in [2.45, 2.75) is 63.3 Å². The molecule has 1 aliphatic heterocycles. The second-order valence-electron chi connectivity index (χ2n) is 9.17. The van der Waals surface area contributed by atoms with E-state index in [1.165, 1.54) is 12.4 Å². The number of fused-ring (bicyclic) bond motifs is 1. The fourth-order valence-corrected chi connectivity index (χ4v) is 3.90. The maximum absolute atomic E-state index is 13.3. The Kier molecular flexibility index (Phi) is 13.2. The van der Waals surface area contributed by atoms with Gasteiger partial charge in [-0.05, 0) is 44.6 Å². The summed E-state index contributed by atoms with van der Waals surface area (Å²) >= 11 is 0. The molecular weight excluding hydrogens is 572 g/mol. The molecule has 17 nitrogen and oxygen atoms in total. The monoisotopic (exact) mass is 603 g/mol. The summed E-state index contributed by atoms with van der Waals surface area (Å²) in [4.78, 5) is 83.1. The second kappa shape index (κ2) is 16.8. The number of nitro groups is 1. The Morgan fingerprint density at radius 2 is 1.86 bits per heavy atom. The number of non-ortho nitro benzene ring substituents is 1. The van der Waals surface area contributed by atoms with Crippen LogP contribution in [0.4, 0.5) is 5.69 Å². The van der Waals surface area contributed by atoms with Gasteiger partial charge < -0.3 is 31.5 Å². The smallest absolute Gasteiger partial charge is 0.303 e. The molecule has 1 aliphatic rings. The third-order valence-corrected chi connectivity index (χ3v) is 6.05. The van der Waals surface area contributed by atoms with E-state index >= 15 is 0 Å². The number of quaternary nitrogens is 1. The highest BCUT2D eigenvalue weighted by Crippen LogP contribution is 2.26.